The molecule has 10 unspecified atom stereocenters. The largest absolute Gasteiger partial charge is 0.393 e. The molecule has 334 valence electrons. The van der Waals surface area contributed by atoms with Crippen LogP contribution in [0.25, 0.3) is 0 Å². The Balaban J connectivity index is 1.00. The van der Waals surface area contributed by atoms with Crippen molar-refractivity contribution < 1.29 is 29.6 Å². The molecule has 0 spiro atoms. The van der Waals surface area contributed by atoms with E-state index in [4.69, 9.17) is 10.5 Å². The Bertz CT molecular complexity index is 1420. The lowest BCUT2D eigenvalue weighted by Gasteiger charge is -2.48. The van der Waals surface area contributed by atoms with Crippen LogP contribution in [-0.2, 0) is 14.3 Å². The minimum absolute atomic E-state index is 0.0202. The molecule has 0 radical (unpaired) electrons. The smallest absolute Gasteiger partial charge is 0.150 e. The fourth-order valence-corrected chi connectivity index (χ4v) is 14.2. The number of unbranched alkanes of at least 4 members (excludes halogenated alkanes) is 1. The number of rotatable bonds is 15. The van der Waals surface area contributed by atoms with Crippen LogP contribution in [0.1, 0.15) is 161 Å². The molecule has 2 aliphatic heterocycles. The number of Topliss-reactive ketones (excluding diaryl/α,β-unsaturated/α-hetero) is 2. The second kappa shape index (κ2) is 21.8. The molecular weight excluding hydrogens is 739 g/mol. The van der Waals surface area contributed by atoms with Crippen LogP contribution in [-0.4, -0.2) is 83.7 Å². The number of aliphatic hydroxyl groups excluding tert-OH is 3. The first kappa shape index (κ1) is 45.6. The number of carbonyl (C=O) groups excluding carboxylic acids is 2. The molecule has 2 heterocycles. The van der Waals surface area contributed by atoms with Crippen LogP contribution >= 0.6 is 0 Å². The molecule has 7 N–H and O–H groups in total. The molecule has 0 aromatic carbocycles. The summed E-state index contributed by atoms with van der Waals surface area (Å²) in [7, 11) is 1.67. The number of methoxy groups -OCH3 is 1. The van der Waals surface area contributed by atoms with Crippen molar-refractivity contribution in [2.45, 2.75) is 198 Å². The SMILES string of the molecule is CCC1CNC(N)CC1[C@H](C[C@H](O)CC[C@H]1C#C[C@H]([C@H](O)CCCC[C@H]2CN[C@@H]3CC(=O)CC[C@H]3C2)C(=O)CCC2CC(OC)C(O)CC21)C1CCC2CCCCC2C1. The predicted molar refractivity (Wildman–Crippen MR) is 233 cm³/mol. The summed E-state index contributed by atoms with van der Waals surface area (Å²) in [5.74, 6) is 12.1. The molecule has 18 atom stereocenters. The van der Waals surface area contributed by atoms with Crippen LogP contribution in [0, 0.1) is 82.9 Å². The van der Waals surface area contributed by atoms with Crippen molar-refractivity contribution >= 4 is 11.6 Å². The van der Waals surface area contributed by atoms with Gasteiger partial charge < -0.3 is 36.4 Å². The molecule has 9 heteroatoms. The van der Waals surface area contributed by atoms with E-state index in [1.165, 1.54) is 51.4 Å². The molecule has 7 rings (SSSR count). The Morgan fingerprint density at radius 1 is 0.831 bits per heavy atom. The number of fused-ring (bicyclic) bond motifs is 3. The molecule has 5 aliphatic carbocycles. The van der Waals surface area contributed by atoms with Crippen LogP contribution < -0.4 is 16.4 Å². The molecular formula is C50H83N3O6. The van der Waals surface area contributed by atoms with Crippen LogP contribution in [0.3, 0.4) is 0 Å². The number of nitrogens with two attached hydrogens (primary N) is 1. The fourth-order valence-electron chi connectivity index (χ4n) is 14.2. The van der Waals surface area contributed by atoms with Gasteiger partial charge in [-0.15, -0.1) is 0 Å². The topological polar surface area (TPSA) is 154 Å². The fraction of sp³-hybridized carbons (Fsp3) is 0.920. The quantitative estimate of drug-likeness (QED) is 0.0763. The van der Waals surface area contributed by atoms with E-state index >= 15 is 0 Å². The van der Waals surface area contributed by atoms with E-state index in [-0.39, 0.29) is 35.8 Å². The van der Waals surface area contributed by atoms with Gasteiger partial charge in [-0.05, 0) is 162 Å². The van der Waals surface area contributed by atoms with Gasteiger partial charge in [0, 0.05) is 38.3 Å². The van der Waals surface area contributed by atoms with E-state index in [1.54, 1.807) is 7.11 Å². The van der Waals surface area contributed by atoms with Gasteiger partial charge in [0.25, 0.3) is 0 Å². The van der Waals surface area contributed by atoms with Gasteiger partial charge in [0.2, 0.25) is 0 Å². The Labute approximate surface area is 357 Å². The second-order valence-corrected chi connectivity index (χ2v) is 21.2. The molecule has 0 bridgehead atoms. The number of piperidine rings is 2. The summed E-state index contributed by atoms with van der Waals surface area (Å²) >= 11 is 0. The Kier molecular flexibility index (Phi) is 16.9. The number of aliphatic hydroxyl groups is 3. The highest BCUT2D eigenvalue weighted by Gasteiger charge is 2.44. The van der Waals surface area contributed by atoms with Gasteiger partial charge >= 0.3 is 0 Å². The molecule has 6 fully saturated rings. The van der Waals surface area contributed by atoms with Crippen molar-refractivity contribution in [3.63, 3.8) is 0 Å². The number of ether oxygens (including phenoxy) is 1. The number of hydrogen-bond donors (Lipinski definition) is 6. The lowest BCUT2D eigenvalue weighted by Crippen LogP contribution is -2.52. The summed E-state index contributed by atoms with van der Waals surface area (Å²) in [6.45, 7) is 4.25. The zero-order chi connectivity index (χ0) is 41.5. The second-order valence-electron chi connectivity index (χ2n) is 21.2. The van der Waals surface area contributed by atoms with Gasteiger partial charge in [-0.2, -0.15) is 0 Å². The Morgan fingerprint density at radius 3 is 2.46 bits per heavy atom. The zero-order valence-electron chi connectivity index (χ0n) is 36.9. The molecule has 9 nitrogen and oxygen atoms in total. The molecule has 0 amide bonds. The number of carbonyl (C=O) groups is 2. The summed E-state index contributed by atoms with van der Waals surface area (Å²) in [5.41, 5.74) is 6.60. The zero-order valence-corrected chi connectivity index (χ0v) is 36.9. The van der Waals surface area contributed by atoms with Gasteiger partial charge in [-0.25, -0.2) is 0 Å². The van der Waals surface area contributed by atoms with E-state index in [1.807, 2.05) is 0 Å². The molecule has 2 saturated heterocycles. The standard InChI is InChI=1S/C50H83N3O6/c1-3-32-30-53-50(51)28-44(32)43(36-13-12-33-9-5-6-10-35(33)23-36)25-39(54)18-14-34-16-20-41(47(57)21-17-37-24-49(59-2)48(58)27-42(34)37)46(56)11-7-4-8-31-22-38-15-19-40(55)26-45(38)52-29-31/h31-39,41-46,48-50,52-54,56,58H,3-15,17-19,21-30,51H2,1-2H3/t31-,32?,33?,34+,35?,36?,37?,38+,39-,41-,42?,43-,44?,45-,46-,48?,49?,50?/m1/s1. The van der Waals surface area contributed by atoms with Crippen LogP contribution in [0.4, 0.5) is 0 Å². The highest BCUT2D eigenvalue weighted by Crippen LogP contribution is 2.50. The minimum Gasteiger partial charge on any atom is -0.393 e. The highest BCUT2D eigenvalue weighted by atomic mass is 16.5. The maximum absolute atomic E-state index is 13.8. The molecule has 59 heavy (non-hydrogen) atoms. The Morgan fingerprint density at radius 2 is 1.64 bits per heavy atom. The summed E-state index contributed by atoms with van der Waals surface area (Å²) in [6, 6.07) is 0.358. The maximum Gasteiger partial charge on any atom is 0.150 e. The minimum atomic E-state index is -0.792. The van der Waals surface area contributed by atoms with E-state index in [9.17, 15) is 24.9 Å². The lowest BCUT2D eigenvalue weighted by molar-refractivity contribution is -0.125. The number of nitrogens with one attached hydrogen (secondary N) is 2. The van der Waals surface area contributed by atoms with E-state index in [0.717, 1.165) is 82.7 Å². The first-order valence-corrected chi connectivity index (χ1v) is 24.9. The summed E-state index contributed by atoms with van der Waals surface area (Å²) in [5, 5.41) is 42.0. The van der Waals surface area contributed by atoms with Gasteiger partial charge in [0.15, 0.2) is 0 Å². The van der Waals surface area contributed by atoms with Gasteiger partial charge in [0.05, 0.1) is 30.6 Å². The third kappa shape index (κ3) is 11.8. The highest BCUT2D eigenvalue weighted by molar-refractivity contribution is 5.84. The normalized spacial score (nSPS) is 42.0. The van der Waals surface area contributed by atoms with Crippen molar-refractivity contribution in [3.05, 3.63) is 0 Å². The average molecular weight is 822 g/mol. The van der Waals surface area contributed by atoms with Crippen LogP contribution in [0.2, 0.25) is 0 Å². The first-order valence-electron chi connectivity index (χ1n) is 24.9. The first-order chi connectivity index (χ1) is 28.6. The van der Waals surface area contributed by atoms with Gasteiger partial charge in [-0.3, -0.25) is 9.59 Å². The summed E-state index contributed by atoms with van der Waals surface area (Å²) < 4.78 is 5.74. The maximum atomic E-state index is 13.8. The summed E-state index contributed by atoms with van der Waals surface area (Å²) in [6.07, 6.45) is 21.3. The molecule has 0 aromatic heterocycles. The third-order valence-electron chi connectivity index (χ3n) is 17.7. The average Bonchev–Trinajstić information content (AvgIpc) is 3.30. The number of hydrogen-bond acceptors (Lipinski definition) is 9. The van der Waals surface area contributed by atoms with Crippen molar-refractivity contribution in [2.75, 3.05) is 20.2 Å². The van der Waals surface area contributed by atoms with Gasteiger partial charge in [0.1, 0.15) is 17.5 Å². The van der Waals surface area contributed by atoms with Crippen LogP contribution in [0.5, 0.6) is 0 Å². The predicted octanol–water partition coefficient (Wildman–Crippen LogP) is 6.93. The van der Waals surface area contributed by atoms with Gasteiger partial charge in [-0.1, -0.05) is 63.7 Å². The van der Waals surface area contributed by atoms with Crippen LogP contribution in [0.15, 0.2) is 0 Å². The third-order valence-corrected chi connectivity index (χ3v) is 17.7. The number of ketones is 2. The molecule has 7 aliphatic rings. The van der Waals surface area contributed by atoms with Crippen molar-refractivity contribution in [3.8, 4) is 11.8 Å². The monoisotopic (exact) mass is 822 g/mol. The lowest BCUT2D eigenvalue weighted by atomic mass is 9.60. The summed E-state index contributed by atoms with van der Waals surface area (Å²) in [4.78, 5) is 25.8. The Hall–Kier alpha value is -1.38. The molecule has 4 saturated carbocycles. The van der Waals surface area contributed by atoms with Crippen molar-refractivity contribution in [2.24, 2.45) is 76.7 Å². The van der Waals surface area contributed by atoms with E-state index in [0.29, 0.717) is 92.3 Å². The van der Waals surface area contributed by atoms with E-state index < -0.39 is 24.2 Å². The van der Waals surface area contributed by atoms with E-state index in [2.05, 4.69) is 29.4 Å². The van der Waals surface area contributed by atoms with Crippen molar-refractivity contribution in [1.29, 1.82) is 0 Å². The molecule has 0 aromatic rings. The van der Waals surface area contributed by atoms with Crippen molar-refractivity contribution in [1.82, 2.24) is 10.6 Å².